The molecule has 0 aliphatic carbocycles. The highest BCUT2D eigenvalue weighted by Gasteiger charge is 2.15. The molecule has 1 heterocycles. The minimum absolute atomic E-state index is 0.261. The Labute approximate surface area is 118 Å². The lowest BCUT2D eigenvalue weighted by molar-refractivity contribution is 0.560. The lowest BCUT2D eigenvalue weighted by Gasteiger charge is -2.10. The fraction of sp³-hybridized carbons (Fsp3) is 0.308. The molecular weight excluding hydrogens is 276 g/mol. The minimum atomic E-state index is -3.49. The molecule has 1 aromatic carbocycles. The Kier molecular flexibility index (Phi) is 4.10. The monoisotopic (exact) mass is 294 g/mol. The van der Waals surface area contributed by atoms with Gasteiger partial charge in [-0.2, -0.15) is 5.10 Å². The first-order valence-corrected chi connectivity index (χ1v) is 7.71. The highest BCUT2D eigenvalue weighted by atomic mass is 32.2. The third-order valence-corrected chi connectivity index (χ3v) is 4.53. The van der Waals surface area contributed by atoms with Crippen molar-refractivity contribution in [2.75, 3.05) is 12.3 Å². The summed E-state index contributed by atoms with van der Waals surface area (Å²) < 4.78 is 28.5. The third-order valence-electron chi connectivity index (χ3n) is 2.91. The van der Waals surface area contributed by atoms with Crippen LogP contribution in [0.25, 0.3) is 0 Å². The predicted molar refractivity (Wildman–Crippen MR) is 77.7 cm³/mol. The molecule has 0 aliphatic heterocycles. The zero-order valence-corrected chi connectivity index (χ0v) is 12.3. The van der Waals surface area contributed by atoms with Crippen LogP contribution in [0.5, 0.6) is 0 Å². The molecule has 0 amide bonds. The van der Waals surface area contributed by atoms with Gasteiger partial charge in [0, 0.05) is 12.7 Å². The lowest BCUT2D eigenvalue weighted by Crippen LogP contribution is -2.28. The Morgan fingerprint density at radius 1 is 1.35 bits per heavy atom. The van der Waals surface area contributed by atoms with Crippen molar-refractivity contribution in [1.29, 1.82) is 0 Å². The van der Waals surface area contributed by atoms with Crippen molar-refractivity contribution in [1.82, 2.24) is 14.5 Å². The molecule has 7 heteroatoms. The maximum absolute atomic E-state index is 12.2. The van der Waals surface area contributed by atoms with Gasteiger partial charge in [-0.15, -0.1) is 0 Å². The summed E-state index contributed by atoms with van der Waals surface area (Å²) in [7, 11) is -3.49. The summed E-state index contributed by atoms with van der Waals surface area (Å²) in [4.78, 5) is 0.308. The molecular formula is C13H18N4O2S. The van der Waals surface area contributed by atoms with Crippen molar-refractivity contribution in [3.63, 3.8) is 0 Å². The maximum atomic E-state index is 12.2. The molecule has 6 nitrogen and oxygen atoms in total. The first-order valence-electron chi connectivity index (χ1n) is 6.23. The molecule has 3 N–H and O–H groups in total. The van der Waals surface area contributed by atoms with Crippen LogP contribution >= 0.6 is 0 Å². The van der Waals surface area contributed by atoms with Crippen LogP contribution in [-0.4, -0.2) is 24.7 Å². The predicted octanol–water partition coefficient (Wildman–Crippen LogP) is 1.06. The Morgan fingerprint density at radius 2 is 2.10 bits per heavy atom. The number of nitrogens with one attached hydrogen (secondary N) is 1. The fourth-order valence-corrected chi connectivity index (χ4v) is 3.22. The number of nitrogens with zero attached hydrogens (tertiary/aromatic N) is 2. The average Bonchev–Trinajstić information content (AvgIpc) is 2.74. The largest absolute Gasteiger partial charge is 0.396 e. The van der Waals surface area contributed by atoms with E-state index in [4.69, 9.17) is 5.73 Å². The number of benzene rings is 1. The van der Waals surface area contributed by atoms with E-state index in [1.165, 1.54) is 6.20 Å². The number of sulfonamides is 1. The second-order valence-corrected chi connectivity index (χ2v) is 6.44. The van der Waals surface area contributed by atoms with Gasteiger partial charge >= 0.3 is 0 Å². The van der Waals surface area contributed by atoms with Crippen LogP contribution in [-0.2, 0) is 16.6 Å². The minimum Gasteiger partial charge on any atom is -0.396 e. The van der Waals surface area contributed by atoms with Crippen molar-refractivity contribution in [2.24, 2.45) is 0 Å². The van der Waals surface area contributed by atoms with E-state index >= 15 is 0 Å². The summed E-state index contributed by atoms with van der Waals surface area (Å²) in [6.45, 7) is 4.41. The van der Waals surface area contributed by atoms with Gasteiger partial charge < -0.3 is 5.73 Å². The number of rotatable bonds is 5. The number of anilines is 1. The van der Waals surface area contributed by atoms with Gasteiger partial charge in [0.25, 0.3) is 0 Å². The van der Waals surface area contributed by atoms with Crippen LogP contribution in [0.3, 0.4) is 0 Å². The van der Waals surface area contributed by atoms with Gasteiger partial charge in [-0.25, -0.2) is 13.1 Å². The van der Waals surface area contributed by atoms with Crippen LogP contribution < -0.4 is 10.5 Å². The van der Waals surface area contributed by atoms with E-state index in [-0.39, 0.29) is 6.54 Å². The third kappa shape index (κ3) is 3.37. The van der Waals surface area contributed by atoms with E-state index in [1.54, 1.807) is 29.9 Å². The van der Waals surface area contributed by atoms with E-state index in [9.17, 15) is 8.42 Å². The number of aryl methyl sites for hydroxylation is 2. The molecule has 2 rings (SSSR count). The topological polar surface area (TPSA) is 90.0 Å². The highest BCUT2D eigenvalue weighted by Crippen LogP contribution is 2.16. The van der Waals surface area contributed by atoms with Crippen LogP contribution in [0.1, 0.15) is 11.1 Å². The standard InChI is InChI=1S/C13H18N4O2S/c1-10-3-4-13(11(2)7-10)20(18,19)16-5-6-17-9-12(14)8-15-17/h3-4,7-9,16H,5-6,14H2,1-2H3. The molecule has 0 saturated heterocycles. The Balaban J connectivity index is 2.04. The Morgan fingerprint density at radius 3 is 2.70 bits per heavy atom. The number of hydrogen-bond donors (Lipinski definition) is 2. The second-order valence-electron chi connectivity index (χ2n) is 4.70. The molecule has 0 fully saturated rings. The van der Waals surface area contributed by atoms with Crippen molar-refractivity contribution in [3.05, 3.63) is 41.7 Å². The summed E-state index contributed by atoms with van der Waals surface area (Å²) in [5, 5.41) is 3.99. The number of nitrogen functional groups attached to an aromatic ring is 1. The zero-order chi connectivity index (χ0) is 14.8. The second kappa shape index (κ2) is 5.64. The number of nitrogens with two attached hydrogens (primary N) is 1. The first-order chi connectivity index (χ1) is 9.38. The molecule has 0 bridgehead atoms. The van der Waals surface area contributed by atoms with Gasteiger partial charge in [0.15, 0.2) is 0 Å². The molecule has 0 radical (unpaired) electrons. The SMILES string of the molecule is Cc1ccc(S(=O)(=O)NCCn2cc(N)cn2)c(C)c1. The van der Waals surface area contributed by atoms with Gasteiger partial charge in [0.05, 0.1) is 23.3 Å². The summed E-state index contributed by atoms with van der Waals surface area (Å²) in [5.74, 6) is 0. The molecule has 1 aromatic heterocycles. The number of aromatic nitrogens is 2. The van der Waals surface area contributed by atoms with Crippen molar-refractivity contribution >= 4 is 15.7 Å². The van der Waals surface area contributed by atoms with Crippen LogP contribution in [0.4, 0.5) is 5.69 Å². The van der Waals surface area contributed by atoms with Crippen LogP contribution in [0.15, 0.2) is 35.5 Å². The van der Waals surface area contributed by atoms with Crippen molar-refractivity contribution in [2.45, 2.75) is 25.3 Å². The molecule has 0 spiro atoms. The quantitative estimate of drug-likeness (QED) is 0.863. The molecule has 0 unspecified atom stereocenters. The smallest absolute Gasteiger partial charge is 0.240 e. The van der Waals surface area contributed by atoms with Crippen molar-refractivity contribution in [3.8, 4) is 0 Å². The van der Waals surface area contributed by atoms with Gasteiger partial charge in [0.2, 0.25) is 10.0 Å². The van der Waals surface area contributed by atoms with Gasteiger partial charge in [-0.1, -0.05) is 17.7 Å². The Bertz CT molecular complexity index is 707. The van der Waals surface area contributed by atoms with E-state index < -0.39 is 10.0 Å². The van der Waals surface area contributed by atoms with Gasteiger partial charge in [-0.05, 0) is 25.5 Å². The molecule has 0 saturated carbocycles. The summed E-state index contributed by atoms with van der Waals surface area (Å²) in [6.07, 6.45) is 3.18. The van der Waals surface area contributed by atoms with E-state index in [2.05, 4.69) is 9.82 Å². The van der Waals surface area contributed by atoms with E-state index in [0.29, 0.717) is 17.1 Å². The zero-order valence-electron chi connectivity index (χ0n) is 11.5. The lowest BCUT2D eigenvalue weighted by atomic mass is 10.2. The molecule has 0 aliphatic rings. The van der Waals surface area contributed by atoms with Gasteiger partial charge in [0.1, 0.15) is 0 Å². The normalized spacial score (nSPS) is 11.7. The Hall–Kier alpha value is -1.86. The molecule has 20 heavy (non-hydrogen) atoms. The van der Waals surface area contributed by atoms with Crippen LogP contribution in [0.2, 0.25) is 0 Å². The first kappa shape index (κ1) is 14.5. The van der Waals surface area contributed by atoms with Crippen molar-refractivity contribution < 1.29 is 8.42 Å². The molecule has 0 atom stereocenters. The van der Waals surface area contributed by atoms with Crippen LogP contribution in [0, 0.1) is 13.8 Å². The van der Waals surface area contributed by atoms with E-state index in [1.807, 2.05) is 13.0 Å². The average molecular weight is 294 g/mol. The summed E-state index contributed by atoms with van der Waals surface area (Å²) in [6, 6.07) is 5.26. The van der Waals surface area contributed by atoms with E-state index in [0.717, 1.165) is 11.1 Å². The molecule has 108 valence electrons. The maximum Gasteiger partial charge on any atom is 0.240 e. The summed E-state index contributed by atoms with van der Waals surface area (Å²) >= 11 is 0. The van der Waals surface area contributed by atoms with Gasteiger partial charge in [-0.3, -0.25) is 4.68 Å². The number of hydrogen-bond acceptors (Lipinski definition) is 4. The molecule has 2 aromatic rings. The fourth-order valence-electron chi connectivity index (χ4n) is 1.98. The summed E-state index contributed by atoms with van der Waals surface area (Å²) in [5.41, 5.74) is 7.87. The highest BCUT2D eigenvalue weighted by molar-refractivity contribution is 7.89.